The molecule has 3 N–H and O–H groups in total. The summed E-state index contributed by atoms with van der Waals surface area (Å²) in [4.78, 5) is 36.2. The number of hydrogen-bond donors (Lipinski definition) is 2. The van der Waals surface area contributed by atoms with Gasteiger partial charge in [-0.15, -0.1) is 0 Å². The van der Waals surface area contributed by atoms with Crippen LogP contribution < -0.4 is 11.3 Å². The number of H-pyrrole nitrogens is 1. The molecule has 1 amide bonds. The van der Waals surface area contributed by atoms with Gasteiger partial charge in [0, 0.05) is 29.8 Å². The lowest BCUT2D eigenvalue weighted by Gasteiger charge is -2.34. The maximum Gasteiger partial charge on any atom is 0.254 e. The summed E-state index contributed by atoms with van der Waals surface area (Å²) in [5.41, 5.74) is 9.71. The minimum atomic E-state index is -0.373. The molecule has 1 heterocycles. The predicted octanol–water partition coefficient (Wildman–Crippen LogP) is 4.17. The fraction of sp³-hybridized carbons (Fsp3) is 0.370. The monoisotopic (exact) mass is 446 g/mol. The van der Waals surface area contributed by atoms with Crippen molar-refractivity contribution in [3.05, 3.63) is 98.7 Å². The number of carbonyl (C=O) groups excluding carboxylic acids is 1. The molecule has 174 valence electrons. The third-order valence-corrected chi connectivity index (χ3v) is 5.87. The molecule has 0 aliphatic carbocycles. The molecular formula is C27H34N4O2. The van der Waals surface area contributed by atoms with E-state index in [1.54, 1.807) is 4.90 Å². The zero-order valence-electron chi connectivity index (χ0n) is 20.0. The van der Waals surface area contributed by atoms with E-state index in [9.17, 15) is 9.59 Å². The molecule has 0 spiro atoms. The summed E-state index contributed by atoms with van der Waals surface area (Å²) in [6.45, 7) is 8.89. The zero-order chi connectivity index (χ0) is 24.0. The highest BCUT2D eigenvalue weighted by Gasteiger charge is 2.31. The van der Waals surface area contributed by atoms with Crippen molar-refractivity contribution in [3.63, 3.8) is 0 Å². The standard InChI is InChI=1S/C27H34N4O2/c1-18(2)24(31(16-8-15-28)27(33)22-13-11-19(3)12-14-22)25-29-20(4)23(26(32)30-25)17-21-9-6-5-7-10-21/h5-7,9-14,18,24H,8,15-17,28H2,1-4H3,(H,29,30,32). The van der Waals surface area contributed by atoms with Crippen LogP contribution in [-0.4, -0.2) is 33.9 Å². The summed E-state index contributed by atoms with van der Waals surface area (Å²) in [7, 11) is 0. The first kappa shape index (κ1) is 24.4. The van der Waals surface area contributed by atoms with E-state index in [1.807, 2.05) is 82.3 Å². The molecule has 2 aromatic carbocycles. The number of rotatable bonds is 9. The Morgan fingerprint density at radius 3 is 2.30 bits per heavy atom. The van der Waals surface area contributed by atoms with E-state index in [2.05, 4.69) is 4.98 Å². The molecule has 0 aliphatic heterocycles. The van der Waals surface area contributed by atoms with E-state index in [0.29, 0.717) is 48.6 Å². The highest BCUT2D eigenvalue weighted by atomic mass is 16.2. The topological polar surface area (TPSA) is 92.1 Å². The Balaban J connectivity index is 2.00. The van der Waals surface area contributed by atoms with Crippen LogP contribution in [-0.2, 0) is 6.42 Å². The second-order valence-electron chi connectivity index (χ2n) is 8.87. The number of nitrogens with two attached hydrogens (primary N) is 1. The number of carbonyl (C=O) groups is 1. The minimum absolute atomic E-state index is 0.0414. The maximum absolute atomic E-state index is 13.5. The molecule has 1 atom stereocenters. The number of nitrogens with one attached hydrogen (secondary N) is 1. The molecule has 0 saturated carbocycles. The largest absolute Gasteiger partial charge is 0.330 e. The van der Waals surface area contributed by atoms with E-state index in [4.69, 9.17) is 10.7 Å². The molecule has 0 fully saturated rings. The van der Waals surface area contributed by atoms with Gasteiger partial charge in [-0.25, -0.2) is 4.98 Å². The van der Waals surface area contributed by atoms with E-state index >= 15 is 0 Å². The number of aryl methyl sites for hydroxylation is 2. The molecule has 1 aromatic heterocycles. The predicted molar refractivity (Wildman–Crippen MR) is 132 cm³/mol. The summed E-state index contributed by atoms with van der Waals surface area (Å²) in [5, 5.41) is 0. The molecule has 6 nitrogen and oxygen atoms in total. The molecule has 3 aromatic rings. The molecule has 0 aliphatic rings. The van der Waals surface area contributed by atoms with Crippen LogP contribution in [0.3, 0.4) is 0 Å². The van der Waals surface area contributed by atoms with Crippen molar-refractivity contribution in [1.82, 2.24) is 14.9 Å². The van der Waals surface area contributed by atoms with Crippen LogP contribution in [0.25, 0.3) is 0 Å². The summed E-state index contributed by atoms with van der Waals surface area (Å²) < 4.78 is 0. The molecule has 1 unspecified atom stereocenters. The van der Waals surface area contributed by atoms with Crippen molar-refractivity contribution < 1.29 is 4.79 Å². The Kier molecular flexibility index (Phi) is 8.17. The maximum atomic E-state index is 13.5. The van der Waals surface area contributed by atoms with Crippen LogP contribution in [0.5, 0.6) is 0 Å². The Labute approximate surface area is 195 Å². The van der Waals surface area contributed by atoms with E-state index in [1.165, 1.54) is 0 Å². The number of aromatic amines is 1. The Morgan fingerprint density at radius 2 is 1.73 bits per heavy atom. The number of aromatic nitrogens is 2. The van der Waals surface area contributed by atoms with Crippen molar-refractivity contribution >= 4 is 5.91 Å². The first-order valence-corrected chi connectivity index (χ1v) is 11.5. The second kappa shape index (κ2) is 11.1. The smallest absolute Gasteiger partial charge is 0.254 e. The first-order valence-electron chi connectivity index (χ1n) is 11.5. The van der Waals surface area contributed by atoms with Crippen LogP contribution in [0.15, 0.2) is 59.4 Å². The quantitative estimate of drug-likeness (QED) is 0.516. The number of nitrogens with zero attached hydrogens (tertiary/aromatic N) is 2. The van der Waals surface area contributed by atoms with Gasteiger partial charge in [-0.3, -0.25) is 9.59 Å². The van der Waals surface area contributed by atoms with Gasteiger partial charge >= 0.3 is 0 Å². The number of hydrogen-bond acceptors (Lipinski definition) is 4. The zero-order valence-corrected chi connectivity index (χ0v) is 20.0. The van der Waals surface area contributed by atoms with Gasteiger partial charge in [0.25, 0.3) is 11.5 Å². The van der Waals surface area contributed by atoms with Gasteiger partial charge in [0.1, 0.15) is 5.82 Å². The normalized spacial score (nSPS) is 12.1. The lowest BCUT2D eigenvalue weighted by molar-refractivity contribution is 0.0608. The van der Waals surface area contributed by atoms with Gasteiger partial charge in [-0.1, -0.05) is 61.9 Å². The van der Waals surface area contributed by atoms with Gasteiger partial charge in [0.15, 0.2) is 0 Å². The highest BCUT2D eigenvalue weighted by Crippen LogP contribution is 2.28. The molecule has 6 heteroatoms. The summed E-state index contributed by atoms with van der Waals surface area (Å²) in [6.07, 6.45) is 1.18. The van der Waals surface area contributed by atoms with Crippen molar-refractivity contribution in [2.24, 2.45) is 11.7 Å². The first-order chi connectivity index (χ1) is 15.8. The fourth-order valence-corrected chi connectivity index (χ4v) is 4.09. The average Bonchev–Trinajstić information content (AvgIpc) is 2.79. The van der Waals surface area contributed by atoms with Gasteiger partial charge in [0.2, 0.25) is 0 Å². The molecule has 0 bridgehead atoms. The van der Waals surface area contributed by atoms with E-state index in [0.717, 1.165) is 11.1 Å². The molecule has 33 heavy (non-hydrogen) atoms. The lowest BCUT2D eigenvalue weighted by atomic mass is 9.98. The van der Waals surface area contributed by atoms with Gasteiger partial charge < -0.3 is 15.6 Å². The van der Waals surface area contributed by atoms with Crippen LogP contribution in [0, 0.1) is 19.8 Å². The van der Waals surface area contributed by atoms with Crippen molar-refractivity contribution in [2.75, 3.05) is 13.1 Å². The second-order valence-corrected chi connectivity index (χ2v) is 8.87. The molecular weight excluding hydrogens is 412 g/mol. The van der Waals surface area contributed by atoms with Crippen molar-refractivity contribution in [3.8, 4) is 0 Å². The SMILES string of the molecule is Cc1ccc(C(=O)N(CCCN)C(c2nc(C)c(Cc3ccccc3)c(=O)[nH]2)C(C)C)cc1. The minimum Gasteiger partial charge on any atom is -0.330 e. The third kappa shape index (κ3) is 5.96. The Morgan fingerprint density at radius 1 is 1.06 bits per heavy atom. The Hall–Kier alpha value is -3.25. The van der Waals surface area contributed by atoms with Crippen molar-refractivity contribution in [2.45, 2.75) is 46.6 Å². The van der Waals surface area contributed by atoms with Gasteiger partial charge in [-0.2, -0.15) is 0 Å². The van der Waals surface area contributed by atoms with E-state index < -0.39 is 0 Å². The van der Waals surface area contributed by atoms with E-state index in [-0.39, 0.29) is 23.4 Å². The van der Waals surface area contributed by atoms with Gasteiger partial charge in [-0.05, 0) is 50.4 Å². The number of amides is 1. The molecule has 0 saturated heterocycles. The molecule has 3 rings (SSSR count). The third-order valence-electron chi connectivity index (χ3n) is 5.87. The van der Waals surface area contributed by atoms with Gasteiger partial charge in [0.05, 0.1) is 6.04 Å². The van der Waals surface area contributed by atoms with Crippen LogP contribution >= 0.6 is 0 Å². The molecule has 0 radical (unpaired) electrons. The van der Waals surface area contributed by atoms with Crippen LogP contribution in [0.2, 0.25) is 0 Å². The fourth-order valence-electron chi connectivity index (χ4n) is 4.09. The summed E-state index contributed by atoms with van der Waals surface area (Å²) >= 11 is 0. The lowest BCUT2D eigenvalue weighted by Crippen LogP contribution is -2.40. The summed E-state index contributed by atoms with van der Waals surface area (Å²) in [5.74, 6) is 0.470. The highest BCUT2D eigenvalue weighted by molar-refractivity contribution is 5.94. The number of benzene rings is 2. The van der Waals surface area contributed by atoms with Crippen LogP contribution in [0.1, 0.15) is 64.9 Å². The summed E-state index contributed by atoms with van der Waals surface area (Å²) in [6, 6.07) is 17.0. The van der Waals surface area contributed by atoms with Crippen LogP contribution in [0.4, 0.5) is 0 Å². The average molecular weight is 447 g/mol. The van der Waals surface area contributed by atoms with Crippen molar-refractivity contribution in [1.29, 1.82) is 0 Å². The Bertz CT molecular complexity index is 1120.